The Morgan fingerprint density at radius 2 is 1.81 bits per heavy atom. The van der Waals surface area contributed by atoms with Crippen molar-refractivity contribution in [3.05, 3.63) is 11.6 Å². The molecule has 1 rings (SSSR count). The van der Waals surface area contributed by atoms with E-state index in [1.807, 2.05) is 6.92 Å². The predicted octanol–water partition coefficient (Wildman–Crippen LogP) is 2.08. The second-order valence-corrected chi connectivity index (χ2v) is 5.66. The van der Waals surface area contributed by atoms with Crippen molar-refractivity contribution < 1.29 is 24.2 Å². The van der Waals surface area contributed by atoms with E-state index < -0.39 is 24.0 Å². The second-order valence-electron chi connectivity index (χ2n) is 5.66. The van der Waals surface area contributed by atoms with E-state index in [2.05, 4.69) is 13.0 Å². The first-order valence-corrected chi connectivity index (χ1v) is 7.59. The third kappa shape index (κ3) is 4.84. The molecule has 0 aliphatic heterocycles. The van der Waals surface area contributed by atoms with Crippen molar-refractivity contribution in [1.29, 1.82) is 0 Å². The molecule has 0 aromatic heterocycles. The zero-order valence-electron chi connectivity index (χ0n) is 13.3. The molecule has 1 aliphatic carbocycles. The maximum Gasteiger partial charge on any atom is 0.323 e. The summed E-state index contributed by atoms with van der Waals surface area (Å²) in [7, 11) is 0. The highest BCUT2D eigenvalue weighted by Gasteiger charge is 2.41. The number of aliphatic hydroxyl groups is 1. The number of esters is 2. The van der Waals surface area contributed by atoms with Crippen molar-refractivity contribution in [3.63, 3.8) is 0 Å². The Kier molecular flexibility index (Phi) is 6.89. The molecular formula is C16H26O5. The molecule has 5 nitrogen and oxygen atoms in total. The van der Waals surface area contributed by atoms with E-state index in [4.69, 9.17) is 9.47 Å². The maximum atomic E-state index is 12.0. The van der Waals surface area contributed by atoms with Gasteiger partial charge < -0.3 is 14.6 Å². The molecule has 1 aliphatic rings. The minimum Gasteiger partial charge on any atom is -0.465 e. The molecule has 0 amide bonds. The Balaban J connectivity index is 2.89. The Morgan fingerprint density at radius 3 is 2.24 bits per heavy atom. The van der Waals surface area contributed by atoms with Gasteiger partial charge in [-0.2, -0.15) is 0 Å². The molecule has 5 heteroatoms. The fourth-order valence-corrected chi connectivity index (χ4v) is 2.97. The predicted molar refractivity (Wildman–Crippen MR) is 78.4 cm³/mol. The average molecular weight is 298 g/mol. The minimum absolute atomic E-state index is 0.135. The fourth-order valence-electron chi connectivity index (χ4n) is 2.97. The third-order valence-electron chi connectivity index (χ3n) is 3.73. The molecule has 1 N–H and O–H groups in total. The summed E-state index contributed by atoms with van der Waals surface area (Å²) in [6.45, 7) is 7.73. The van der Waals surface area contributed by atoms with Crippen molar-refractivity contribution >= 4 is 11.9 Å². The highest BCUT2D eigenvalue weighted by molar-refractivity contribution is 5.95. The van der Waals surface area contributed by atoms with E-state index >= 15 is 0 Å². The van der Waals surface area contributed by atoms with Crippen LogP contribution in [0.3, 0.4) is 0 Å². The van der Waals surface area contributed by atoms with Crippen LogP contribution in [0, 0.1) is 17.8 Å². The highest BCUT2D eigenvalue weighted by atomic mass is 16.6. The van der Waals surface area contributed by atoms with Crippen LogP contribution in [0.4, 0.5) is 0 Å². The smallest absolute Gasteiger partial charge is 0.323 e. The van der Waals surface area contributed by atoms with Gasteiger partial charge in [0.2, 0.25) is 0 Å². The average Bonchev–Trinajstić information content (AvgIpc) is 2.38. The van der Waals surface area contributed by atoms with Gasteiger partial charge in [-0.1, -0.05) is 18.6 Å². The molecule has 0 saturated carbocycles. The third-order valence-corrected chi connectivity index (χ3v) is 3.73. The van der Waals surface area contributed by atoms with Gasteiger partial charge in [-0.3, -0.25) is 9.59 Å². The van der Waals surface area contributed by atoms with Gasteiger partial charge in [0.15, 0.2) is 5.92 Å². The van der Waals surface area contributed by atoms with Crippen LogP contribution < -0.4 is 0 Å². The van der Waals surface area contributed by atoms with Crippen LogP contribution in [0.5, 0.6) is 0 Å². The largest absolute Gasteiger partial charge is 0.465 e. The topological polar surface area (TPSA) is 72.8 Å². The molecule has 0 aromatic rings. The van der Waals surface area contributed by atoms with E-state index in [1.54, 1.807) is 13.8 Å². The van der Waals surface area contributed by atoms with Gasteiger partial charge in [-0.15, -0.1) is 0 Å². The first-order valence-electron chi connectivity index (χ1n) is 7.59. The number of carbonyl (C=O) groups is 2. The normalized spacial score (nSPS) is 23.4. The summed E-state index contributed by atoms with van der Waals surface area (Å²) in [5, 5.41) is 10.5. The molecule has 3 atom stereocenters. The highest BCUT2D eigenvalue weighted by Crippen LogP contribution is 2.33. The molecule has 3 unspecified atom stereocenters. The van der Waals surface area contributed by atoms with Crippen LogP contribution >= 0.6 is 0 Å². The van der Waals surface area contributed by atoms with Gasteiger partial charge >= 0.3 is 11.9 Å². The number of hydrogen-bond acceptors (Lipinski definition) is 5. The lowest BCUT2D eigenvalue weighted by molar-refractivity contribution is -0.169. The van der Waals surface area contributed by atoms with E-state index in [-0.39, 0.29) is 19.1 Å². The van der Waals surface area contributed by atoms with Crippen LogP contribution in [-0.4, -0.2) is 36.4 Å². The van der Waals surface area contributed by atoms with Gasteiger partial charge in [-0.25, -0.2) is 0 Å². The first-order chi connectivity index (χ1) is 9.90. The van der Waals surface area contributed by atoms with Crippen molar-refractivity contribution in [2.24, 2.45) is 17.8 Å². The molecule has 0 radical (unpaired) electrons. The molecule has 0 bridgehead atoms. The molecule has 0 fully saturated rings. The lowest BCUT2D eigenvalue weighted by Crippen LogP contribution is -2.42. The molecular weight excluding hydrogens is 272 g/mol. The summed E-state index contributed by atoms with van der Waals surface area (Å²) >= 11 is 0. The standard InChI is InChI=1S/C16H26O5/c1-5-20-15(18)13(16(19)21-6-2)14(17)12-8-10(3)7-11(4)9-12/h7,10,12-14,17H,5-6,8-9H2,1-4H3. The Hall–Kier alpha value is -1.36. The SMILES string of the molecule is CCOC(=O)C(C(=O)OCC)C(O)C1CC(C)=CC(C)C1. The van der Waals surface area contributed by atoms with Crippen LogP contribution in [0.15, 0.2) is 11.6 Å². The summed E-state index contributed by atoms with van der Waals surface area (Å²) in [5.41, 5.74) is 1.17. The lowest BCUT2D eigenvalue weighted by Gasteiger charge is -2.32. The number of aliphatic hydroxyl groups excluding tert-OH is 1. The van der Waals surface area contributed by atoms with Crippen molar-refractivity contribution in [3.8, 4) is 0 Å². The van der Waals surface area contributed by atoms with Crippen LogP contribution in [-0.2, 0) is 19.1 Å². The molecule has 21 heavy (non-hydrogen) atoms. The Bertz CT molecular complexity index is 383. The number of allylic oxidation sites excluding steroid dienone is 2. The minimum atomic E-state index is -1.26. The summed E-state index contributed by atoms with van der Waals surface area (Å²) in [4.78, 5) is 24.0. The number of ether oxygens (including phenoxy) is 2. The Morgan fingerprint density at radius 1 is 1.29 bits per heavy atom. The number of carbonyl (C=O) groups excluding carboxylic acids is 2. The van der Waals surface area contributed by atoms with Crippen molar-refractivity contribution in [2.75, 3.05) is 13.2 Å². The molecule has 0 heterocycles. The van der Waals surface area contributed by atoms with E-state index in [1.165, 1.54) is 5.57 Å². The molecule has 0 saturated heterocycles. The van der Waals surface area contributed by atoms with E-state index in [9.17, 15) is 14.7 Å². The van der Waals surface area contributed by atoms with Gasteiger partial charge in [0.25, 0.3) is 0 Å². The summed E-state index contributed by atoms with van der Waals surface area (Å²) in [5.74, 6) is -2.48. The fraction of sp³-hybridized carbons (Fsp3) is 0.750. The maximum absolute atomic E-state index is 12.0. The summed E-state index contributed by atoms with van der Waals surface area (Å²) < 4.78 is 9.85. The zero-order chi connectivity index (χ0) is 16.0. The molecule has 0 aromatic carbocycles. The van der Waals surface area contributed by atoms with Crippen LogP contribution in [0.1, 0.15) is 40.5 Å². The van der Waals surface area contributed by atoms with Gasteiger partial charge in [0, 0.05) is 0 Å². The number of hydrogen-bond donors (Lipinski definition) is 1. The van der Waals surface area contributed by atoms with E-state index in [0.29, 0.717) is 12.3 Å². The summed E-state index contributed by atoms with van der Waals surface area (Å²) in [6, 6.07) is 0. The Labute approximate surface area is 126 Å². The van der Waals surface area contributed by atoms with Crippen LogP contribution in [0.25, 0.3) is 0 Å². The lowest BCUT2D eigenvalue weighted by atomic mass is 9.77. The molecule has 120 valence electrons. The molecule has 0 spiro atoms. The van der Waals surface area contributed by atoms with Gasteiger partial charge in [0.05, 0.1) is 19.3 Å². The van der Waals surface area contributed by atoms with Gasteiger partial charge in [-0.05, 0) is 45.4 Å². The van der Waals surface area contributed by atoms with E-state index in [0.717, 1.165) is 6.42 Å². The summed E-state index contributed by atoms with van der Waals surface area (Å²) in [6.07, 6.45) is 2.51. The second kappa shape index (κ2) is 8.17. The first kappa shape index (κ1) is 17.7. The van der Waals surface area contributed by atoms with Crippen molar-refractivity contribution in [2.45, 2.75) is 46.6 Å². The number of rotatable bonds is 6. The van der Waals surface area contributed by atoms with Crippen molar-refractivity contribution in [1.82, 2.24) is 0 Å². The van der Waals surface area contributed by atoms with Gasteiger partial charge in [0.1, 0.15) is 0 Å². The zero-order valence-corrected chi connectivity index (χ0v) is 13.3. The van der Waals surface area contributed by atoms with Crippen LogP contribution in [0.2, 0.25) is 0 Å². The quantitative estimate of drug-likeness (QED) is 0.462. The monoisotopic (exact) mass is 298 g/mol.